The van der Waals surface area contributed by atoms with Crippen LogP contribution in [-0.4, -0.2) is 51.8 Å². The van der Waals surface area contributed by atoms with E-state index in [2.05, 4.69) is 51.3 Å². The fourth-order valence-corrected chi connectivity index (χ4v) is 5.72. The molecule has 10 heteroatoms. The van der Waals surface area contributed by atoms with Gasteiger partial charge in [0.25, 0.3) is 5.91 Å². The van der Waals surface area contributed by atoms with Crippen LogP contribution in [0.2, 0.25) is 0 Å². The summed E-state index contributed by atoms with van der Waals surface area (Å²) in [7, 11) is 1.95. The van der Waals surface area contributed by atoms with E-state index in [0.717, 1.165) is 38.2 Å². The predicted octanol–water partition coefficient (Wildman–Crippen LogP) is 4.46. The van der Waals surface area contributed by atoms with Gasteiger partial charge in [0.15, 0.2) is 0 Å². The van der Waals surface area contributed by atoms with Crippen molar-refractivity contribution in [3.63, 3.8) is 0 Å². The molecule has 3 heterocycles. The molecule has 1 atom stereocenters. The van der Waals surface area contributed by atoms with Gasteiger partial charge in [0.05, 0.1) is 16.5 Å². The van der Waals surface area contributed by atoms with Crippen molar-refractivity contribution in [3.05, 3.63) is 84.9 Å². The standard InChI is InChI=1S/C26H25N5O3S2/c1-15-4-6-18(7-5-15)24-27-16(2)22(35-24)14-34-19-10-8-17(9-11-19)23(32)28-21-13-31(3)12-20(21)25-29-30-26(33)36-25/h4-11,20H,12-14H2,1-3H3,(H,30,33)/t20-/m0/s1. The first kappa shape index (κ1) is 24.2. The average molecular weight is 520 g/mol. The number of ether oxygens (including phenoxy) is 1. The van der Waals surface area contributed by atoms with E-state index in [1.807, 2.05) is 14.0 Å². The first-order valence-corrected chi connectivity index (χ1v) is 13.1. The van der Waals surface area contributed by atoms with Gasteiger partial charge in [0.2, 0.25) is 0 Å². The Bertz CT molecular complexity index is 1470. The van der Waals surface area contributed by atoms with Crippen LogP contribution in [-0.2, 0) is 6.61 Å². The number of H-pyrrole nitrogens is 1. The molecule has 1 amide bonds. The molecule has 0 unspecified atom stereocenters. The van der Waals surface area contributed by atoms with Crippen molar-refractivity contribution in [2.75, 3.05) is 20.1 Å². The first-order valence-electron chi connectivity index (χ1n) is 11.5. The summed E-state index contributed by atoms with van der Waals surface area (Å²) in [5, 5.41) is 8.17. The molecule has 36 heavy (non-hydrogen) atoms. The van der Waals surface area contributed by atoms with Gasteiger partial charge in [-0.25, -0.2) is 15.1 Å². The Hall–Kier alpha value is -3.47. The van der Waals surface area contributed by atoms with Crippen molar-refractivity contribution < 1.29 is 9.53 Å². The van der Waals surface area contributed by atoms with Gasteiger partial charge < -0.3 is 4.74 Å². The van der Waals surface area contributed by atoms with Crippen LogP contribution in [0.1, 0.15) is 37.4 Å². The molecule has 1 aliphatic heterocycles. The summed E-state index contributed by atoms with van der Waals surface area (Å²) in [4.78, 5) is 36.3. The minimum absolute atomic E-state index is 0.155. The zero-order chi connectivity index (χ0) is 25.2. The van der Waals surface area contributed by atoms with Crippen LogP contribution in [0.15, 0.2) is 58.3 Å². The fourth-order valence-electron chi connectivity index (χ4n) is 4.01. The van der Waals surface area contributed by atoms with Crippen LogP contribution < -0.4 is 9.61 Å². The number of rotatable bonds is 6. The molecule has 2 aromatic heterocycles. The van der Waals surface area contributed by atoms with E-state index in [4.69, 9.17) is 9.72 Å². The molecule has 0 aliphatic carbocycles. The molecule has 0 spiro atoms. The summed E-state index contributed by atoms with van der Waals surface area (Å²) in [5.74, 6) is 0.197. The van der Waals surface area contributed by atoms with Crippen molar-refractivity contribution in [1.82, 2.24) is 20.1 Å². The SMILES string of the molecule is Cc1ccc(-c2nc(C)c(COc3ccc(C(=O)N=C4CN(C)C[C@@H]4c4n[nH]c(=O)s4)cc3)s2)cc1. The van der Waals surface area contributed by atoms with E-state index in [1.165, 1.54) is 5.56 Å². The Morgan fingerprint density at radius 1 is 1.14 bits per heavy atom. The van der Waals surface area contributed by atoms with Crippen molar-refractivity contribution in [2.45, 2.75) is 26.4 Å². The maximum Gasteiger partial charge on any atom is 0.322 e. The molecular weight excluding hydrogens is 494 g/mol. The van der Waals surface area contributed by atoms with Gasteiger partial charge in [-0.3, -0.25) is 14.5 Å². The van der Waals surface area contributed by atoms with Crippen LogP contribution in [0, 0.1) is 13.8 Å². The topological polar surface area (TPSA) is 101 Å². The largest absolute Gasteiger partial charge is 0.488 e. The van der Waals surface area contributed by atoms with Crippen molar-refractivity contribution in [3.8, 4) is 16.3 Å². The van der Waals surface area contributed by atoms with Gasteiger partial charge in [-0.1, -0.05) is 41.2 Å². The highest BCUT2D eigenvalue weighted by Gasteiger charge is 2.31. The zero-order valence-electron chi connectivity index (χ0n) is 20.1. The summed E-state index contributed by atoms with van der Waals surface area (Å²) < 4.78 is 5.98. The summed E-state index contributed by atoms with van der Waals surface area (Å²) in [6.45, 7) is 5.69. The number of aliphatic imine (C=N–C) groups is 1. The van der Waals surface area contributed by atoms with Gasteiger partial charge in [0, 0.05) is 29.9 Å². The Labute approximate surface area is 216 Å². The molecule has 8 nitrogen and oxygen atoms in total. The monoisotopic (exact) mass is 519 g/mol. The van der Waals surface area contributed by atoms with Gasteiger partial charge >= 0.3 is 4.87 Å². The minimum atomic E-state index is -0.319. The number of benzene rings is 2. The Morgan fingerprint density at radius 3 is 2.58 bits per heavy atom. The normalized spacial score (nSPS) is 17.1. The molecule has 2 aromatic carbocycles. The highest BCUT2D eigenvalue weighted by molar-refractivity contribution is 7.15. The fraction of sp³-hybridized carbons (Fsp3) is 0.269. The number of carbonyl (C=O) groups excluding carboxylic acids is 1. The lowest BCUT2D eigenvalue weighted by molar-refractivity contribution is 0.100. The number of carbonyl (C=O) groups is 1. The number of aromatic amines is 1. The molecule has 0 bridgehead atoms. The number of amides is 1. The number of likely N-dealkylation sites (N-methyl/N-ethyl adjacent to an activating group) is 1. The molecular formula is C26H25N5O3S2. The smallest absolute Gasteiger partial charge is 0.322 e. The van der Waals surface area contributed by atoms with Crippen LogP contribution in [0.3, 0.4) is 0 Å². The maximum absolute atomic E-state index is 12.8. The highest BCUT2D eigenvalue weighted by atomic mass is 32.1. The van der Waals surface area contributed by atoms with Crippen molar-refractivity contribution >= 4 is 34.3 Å². The number of likely N-dealkylation sites (tertiary alicyclic amines) is 1. The van der Waals surface area contributed by atoms with Gasteiger partial charge in [-0.15, -0.1) is 11.3 Å². The molecule has 0 radical (unpaired) electrons. The van der Waals surface area contributed by atoms with Crippen molar-refractivity contribution in [1.29, 1.82) is 0 Å². The molecule has 184 valence electrons. The third-order valence-electron chi connectivity index (χ3n) is 5.99. The van der Waals surface area contributed by atoms with Crippen LogP contribution >= 0.6 is 22.7 Å². The Morgan fingerprint density at radius 2 is 1.89 bits per heavy atom. The molecule has 5 rings (SSSR count). The summed E-state index contributed by atoms with van der Waals surface area (Å²) in [5.41, 5.74) is 4.47. The Kier molecular flexibility index (Phi) is 6.90. The Balaban J connectivity index is 1.24. The maximum atomic E-state index is 12.8. The number of aromatic nitrogens is 3. The number of hydrogen-bond acceptors (Lipinski definition) is 8. The lowest BCUT2D eigenvalue weighted by Crippen LogP contribution is -2.14. The third-order valence-corrected chi connectivity index (χ3v) is 8.03. The van der Waals surface area contributed by atoms with Gasteiger partial charge in [-0.05, 0) is 45.2 Å². The third kappa shape index (κ3) is 5.35. The van der Waals surface area contributed by atoms with Crippen LogP contribution in [0.25, 0.3) is 10.6 Å². The average Bonchev–Trinajstić information content (AvgIpc) is 3.56. The van der Waals surface area contributed by atoms with Crippen LogP contribution in [0.4, 0.5) is 0 Å². The van der Waals surface area contributed by atoms with E-state index >= 15 is 0 Å². The van der Waals surface area contributed by atoms with E-state index in [0.29, 0.717) is 36.0 Å². The lowest BCUT2D eigenvalue weighted by Gasteiger charge is -2.07. The minimum Gasteiger partial charge on any atom is -0.488 e. The second-order valence-electron chi connectivity index (χ2n) is 8.82. The van der Waals surface area contributed by atoms with E-state index in [-0.39, 0.29) is 16.7 Å². The highest BCUT2D eigenvalue weighted by Crippen LogP contribution is 2.29. The quantitative estimate of drug-likeness (QED) is 0.404. The number of nitrogens with zero attached hydrogens (tertiary/aromatic N) is 4. The molecule has 4 aromatic rings. The van der Waals surface area contributed by atoms with Gasteiger partial charge in [0.1, 0.15) is 22.4 Å². The van der Waals surface area contributed by atoms with Crippen LogP contribution in [0.5, 0.6) is 5.75 Å². The number of thiazole rings is 1. The van der Waals surface area contributed by atoms with E-state index < -0.39 is 0 Å². The molecule has 0 saturated carbocycles. The molecule has 1 N–H and O–H groups in total. The second-order valence-corrected chi connectivity index (χ2v) is 10.9. The summed E-state index contributed by atoms with van der Waals surface area (Å²) >= 11 is 2.69. The molecule has 1 fully saturated rings. The van der Waals surface area contributed by atoms with Gasteiger partial charge in [-0.2, -0.15) is 5.10 Å². The number of nitrogens with one attached hydrogen (secondary N) is 1. The summed E-state index contributed by atoms with van der Waals surface area (Å²) in [6, 6.07) is 15.3. The van der Waals surface area contributed by atoms with E-state index in [1.54, 1.807) is 35.6 Å². The number of aryl methyl sites for hydroxylation is 2. The molecule has 1 aliphatic rings. The summed E-state index contributed by atoms with van der Waals surface area (Å²) in [6.07, 6.45) is 0. The van der Waals surface area contributed by atoms with Crippen molar-refractivity contribution in [2.24, 2.45) is 4.99 Å². The first-order chi connectivity index (χ1) is 17.4. The zero-order valence-corrected chi connectivity index (χ0v) is 21.8. The van der Waals surface area contributed by atoms with E-state index in [9.17, 15) is 9.59 Å². The lowest BCUT2D eigenvalue weighted by atomic mass is 10.1. The second kappa shape index (κ2) is 10.3. The number of hydrogen-bond donors (Lipinski definition) is 1. The predicted molar refractivity (Wildman–Crippen MR) is 143 cm³/mol. The molecule has 1 saturated heterocycles.